The number of ether oxygens (including phenoxy) is 1. The lowest BCUT2D eigenvalue weighted by atomic mass is 10.1. The van der Waals surface area contributed by atoms with Crippen molar-refractivity contribution in [2.24, 2.45) is 0 Å². The van der Waals surface area contributed by atoms with Gasteiger partial charge in [0.1, 0.15) is 4.60 Å². The third-order valence-electron chi connectivity index (χ3n) is 3.42. The molecule has 8 heteroatoms. The van der Waals surface area contributed by atoms with Crippen molar-refractivity contribution >= 4 is 22.0 Å². The molecule has 5 nitrogen and oxygen atoms in total. The molecule has 2 rings (SSSR count). The average molecular weight is 378 g/mol. The highest BCUT2D eigenvalue weighted by Gasteiger charge is 2.33. The van der Waals surface area contributed by atoms with Crippen molar-refractivity contribution in [3.63, 3.8) is 0 Å². The fourth-order valence-corrected chi connectivity index (χ4v) is 2.40. The van der Waals surface area contributed by atoms with Crippen LogP contribution in [-0.4, -0.2) is 48.1 Å². The summed E-state index contributed by atoms with van der Waals surface area (Å²) in [6.07, 6.45) is 1.42. The molecule has 0 aromatic carbocycles. The van der Waals surface area contributed by atoms with E-state index < -0.39 is 12.0 Å². The molecule has 0 spiro atoms. The van der Waals surface area contributed by atoms with Gasteiger partial charge in [0.2, 0.25) is 0 Å². The molecule has 22 heavy (non-hydrogen) atoms. The first-order valence-electron chi connectivity index (χ1n) is 7.12. The Morgan fingerprint density at radius 1 is 1.41 bits per heavy atom. The number of carbonyl (C=O) groups excluding carboxylic acids is 1. The van der Waals surface area contributed by atoms with Crippen LogP contribution in [0.4, 0.5) is 13.6 Å². The third kappa shape index (κ3) is 5.84. The molecule has 1 N–H and O–H groups in total. The SMILES string of the molecule is O=C(NCCCN1CCC(F)(F)CC1)Oc1ccc(Br)nc1. The smallest absolute Gasteiger partial charge is 0.409 e. The van der Waals surface area contributed by atoms with Gasteiger partial charge in [-0.15, -0.1) is 0 Å². The van der Waals surface area contributed by atoms with Crippen LogP contribution in [0, 0.1) is 0 Å². The van der Waals surface area contributed by atoms with E-state index in [2.05, 4.69) is 26.2 Å². The number of carbonyl (C=O) groups is 1. The number of amides is 1. The molecular weight excluding hydrogens is 360 g/mol. The van der Waals surface area contributed by atoms with E-state index in [4.69, 9.17) is 4.74 Å². The van der Waals surface area contributed by atoms with E-state index in [9.17, 15) is 13.6 Å². The quantitative estimate of drug-likeness (QED) is 0.632. The van der Waals surface area contributed by atoms with Gasteiger partial charge >= 0.3 is 6.09 Å². The van der Waals surface area contributed by atoms with Crippen molar-refractivity contribution in [1.29, 1.82) is 0 Å². The number of piperidine rings is 1. The summed E-state index contributed by atoms with van der Waals surface area (Å²) in [5.74, 6) is -2.16. The minimum atomic E-state index is -2.52. The standard InChI is InChI=1S/C14H18BrF2N3O2/c15-12-3-2-11(10-19-12)22-13(21)18-6-1-7-20-8-4-14(16,17)5-9-20/h2-3,10H,1,4-9H2,(H,18,21). The van der Waals surface area contributed by atoms with Crippen LogP contribution >= 0.6 is 15.9 Å². The Labute approximate surface area is 136 Å². The molecule has 1 aromatic heterocycles. The van der Waals surface area contributed by atoms with Gasteiger partial charge in [0.05, 0.1) is 6.20 Å². The predicted octanol–water partition coefficient (Wildman–Crippen LogP) is 3.05. The van der Waals surface area contributed by atoms with Gasteiger partial charge in [0.25, 0.3) is 5.92 Å². The number of aromatic nitrogens is 1. The van der Waals surface area contributed by atoms with Crippen molar-refractivity contribution in [2.75, 3.05) is 26.2 Å². The lowest BCUT2D eigenvalue weighted by Crippen LogP contribution is -2.40. The fraction of sp³-hybridized carbons (Fsp3) is 0.571. The van der Waals surface area contributed by atoms with Crippen LogP contribution in [-0.2, 0) is 0 Å². The summed E-state index contributed by atoms with van der Waals surface area (Å²) in [6.45, 7) is 1.94. The van der Waals surface area contributed by atoms with Gasteiger partial charge in [0, 0.05) is 32.5 Å². The molecular formula is C14H18BrF2N3O2. The van der Waals surface area contributed by atoms with Crippen LogP contribution in [0.25, 0.3) is 0 Å². The summed E-state index contributed by atoms with van der Waals surface area (Å²) < 4.78 is 31.7. The van der Waals surface area contributed by atoms with E-state index in [1.807, 2.05) is 4.90 Å². The van der Waals surface area contributed by atoms with Gasteiger partial charge in [0.15, 0.2) is 5.75 Å². The van der Waals surface area contributed by atoms with Crippen molar-refractivity contribution in [2.45, 2.75) is 25.2 Å². The van der Waals surface area contributed by atoms with Crippen molar-refractivity contribution < 1.29 is 18.3 Å². The predicted molar refractivity (Wildman–Crippen MR) is 81.2 cm³/mol. The number of likely N-dealkylation sites (tertiary alicyclic amines) is 1. The number of nitrogens with one attached hydrogen (secondary N) is 1. The van der Waals surface area contributed by atoms with Crippen LogP contribution in [0.5, 0.6) is 5.75 Å². The molecule has 1 aliphatic rings. The second-order valence-electron chi connectivity index (χ2n) is 5.18. The van der Waals surface area contributed by atoms with E-state index in [0.29, 0.717) is 43.0 Å². The first-order valence-corrected chi connectivity index (χ1v) is 7.91. The number of hydrogen-bond donors (Lipinski definition) is 1. The fourth-order valence-electron chi connectivity index (χ4n) is 2.16. The number of halogens is 3. The van der Waals surface area contributed by atoms with E-state index in [1.165, 1.54) is 6.20 Å². The highest BCUT2D eigenvalue weighted by Crippen LogP contribution is 2.27. The summed E-state index contributed by atoms with van der Waals surface area (Å²) in [7, 11) is 0. The molecule has 0 atom stereocenters. The molecule has 1 aromatic rings. The Balaban J connectivity index is 1.58. The molecule has 1 aliphatic heterocycles. The van der Waals surface area contributed by atoms with Crippen molar-refractivity contribution in [3.05, 3.63) is 22.9 Å². The molecule has 1 saturated heterocycles. The highest BCUT2D eigenvalue weighted by molar-refractivity contribution is 9.10. The van der Waals surface area contributed by atoms with Crippen molar-refractivity contribution in [3.8, 4) is 5.75 Å². The normalized spacial score (nSPS) is 18.0. The Morgan fingerprint density at radius 2 is 2.14 bits per heavy atom. The first-order chi connectivity index (χ1) is 10.4. The van der Waals surface area contributed by atoms with Gasteiger partial charge in [-0.05, 0) is 41.0 Å². The summed E-state index contributed by atoms with van der Waals surface area (Å²) in [5, 5.41) is 2.63. The van der Waals surface area contributed by atoms with Gasteiger partial charge < -0.3 is 15.0 Å². The van der Waals surface area contributed by atoms with Gasteiger partial charge in [-0.2, -0.15) is 0 Å². The molecule has 0 saturated carbocycles. The lowest BCUT2D eigenvalue weighted by Gasteiger charge is -2.31. The van der Waals surface area contributed by atoms with Gasteiger partial charge in [-0.25, -0.2) is 18.6 Å². The monoisotopic (exact) mass is 377 g/mol. The third-order valence-corrected chi connectivity index (χ3v) is 3.89. The lowest BCUT2D eigenvalue weighted by molar-refractivity contribution is -0.0550. The summed E-state index contributed by atoms with van der Waals surface area (Å²) in [4.78, 5) is 17.5. The molecule has 0 radical (unpaired) electrons. The molecule has 0 unspecified atom stereocenters. The van der Waals surface area contributed by atoms with Crippen LogP contribution < -0.4 is 10.1 Å². The minimum absolute atomic E-state index is 0.0843. The zero-order valence-corrected chi connectivity index (χ0v) is 13.6. The van der Waals surface area contributed by atoms with Crippen LogP contribution in [0.15, 0.2) is 22.9 Å². The number of pyridine rings is 1. The van der Waals surface area contributed by atoms with Gasteiger partial charge in [-0.1, -0.05) is 0 Å². The number of rotatable bonds is 5. The Hall–Kier alpha value is -1.28. The molecule has 0 bridgehead atoms. The van der Waals surface area contributed by atoms with Crippen LogP contribution in [0.1, 0.15) is 19.3 Å². The van der Waals surface area contributed by atoms with E-state index >= 15 is 0 Å². The maximum absolute atomic E-state index is 13.0. The van der Waals surface area contributed by atoms with Gasteiger partial charge in [-0.3, -0.25) is 0 Å². The minimum Gasteiger partial charge on any atom is -0.409 e. The second-order valence-corrected chi connectivity index (χ2v) is 6.00. The Bertz CT molecular complexity index is 489. The molecule has 1 amide bonds. The molecule has 122 valence electrons. The Morgan fingerprint density at radius 3 is 2.77 bits per heavy atom. The molecule has 1 fully saturated rings. The average Bonchev–Trinajstić information content (AvgIpc) is 2.47. The number of hydrogen-bond acceptors (Lipinski definition) is 4. The van der Waals surface area contributed by atoms with Crippen molar-refractivity contribution in [1.82, 2.24) is 15.2 Å². The summed E-state index contributed by atoms with van der Waals surface area (Å²) in [6, 6.07) is 3.30. The summed E-state index contributed by atoms with van der Waals surface area (Å²) >= 11 is 3.19. The van der Waals surface area contributed by atoms with E-state index in [-0.39, 0.29) is 12.8 Å². The number of nitrogens with zero attached hydrogens (tertiary/aromatic N) is 2. The highest BCUT2D eigenvalue weighted by atomic mass is 79.9. The largest absolute Gasteiger partial charge is 0.412 e. The maximum atomic E-state index is 13.0. The Kier molecular flexibility index (Phi) is 6.07. The molecule has 0 aliphatic carbocycles. The first kappa shape index (κ1) is 17.1. The van der Waals surface area contributed by atoms with E-state index in [0.717, 1.165) is 0 Å². The number of alkyl halides is 2. The second kappa shape index (κ2) is 7.82. The topological polar surface area (TPSA) is 54.5 Å². The summed E-state index contributed by atoms with van der Waals surface area (Å²) in [5.41, 5.74) is 0. The van der Waals surface area contributed by atoms with E-state index in [1.54, 1.807) is 12.1 Å². The van der Waals surface area contributed by atoms with Crippen LogP contribution in [0.2, 0.25) is 0 Å². The zero-order valence-electron chi connectivity index (χ0n) is 12.0. The maximum Gasteiger partial charge on any atom is 0.412 e. The zero-order chi connectivity index (χ0) is 16.0. The van der Waals surface area contributed by atoms with Crippen LogP contribution in [0.3, 0.4) is 0 Å². The molecule has 2 heterocycles.